The number of amides is 1. The minimum absolute atomic E-state index is 0.0256. The van der Waals surface area contributed by atoms with Crippen molar-refractivity contribution >= 4 is 5.91 Å². The van der Waals surface area contributed by atoms with Crippen molar-refractivity contribution in [2.45, 2.75) is 45.6 Å². The van der Waals surface area contributed by atoms with Crippen molar-refractivity contribution in [2.75, 3.05) is 39.4 Å². The van der Waals surface area contributed by atoms with Gasteiger partial charge in [-0.2, -0.15) is 0 Å². The smallest absolute Gasteiger partial charge is 0.292 e. The maximum atomic E-state index is 12.8. The Kier molecular flexibility index (Phi) is 5.56. The molecule has 0 saturated carbocycles. The summed E-state index contributed by atoms with van der Waals surface area (Å²) in [5, 5.41) is 4.13. The van der Waals surface area contributed by atoms with Crippen molar-refractivity contribution in [3.63, 3.8) is 0 Å². The van der Waals surface area contributed by atoms with E-state index in [2.05, 4.69) is 30.8 Å². The van der Waals surface area contributed by atoms with Gasteiger partial charge in [0, 0.05) is 44.2 Å². The highest BCUT2D eigenvalue weighted by Gasteiger charge is 2.37. The quantitative estimate of drug-likeness (QED) is 0.827. The van der Waals surface area contributed by atoms with Crippen LogP contribution < -0.4 is 0 Å². The first-order chi connectivity index (χ1) is 11.6. The Morgan fingerprint density at radius 1 is 1.29 bits per heavy atom. The molecule has 0 N–H and O–H groups in total. The molecule has 2 aliphatic heterocycles. The van der Waals surface area contributed by atoms with Crippen LogP contribution in [0.2, 0.25) is 0 Å². The molecular formula is C18H29N3O3. The molecule has 1 amide bonds. The Bertz CT molecular complexity index is 549. The van der Waals surface area contributed by atoms with Crippen LogP contribution in [0.3, 0.4) is 0 Å². The largest absolute Gasteiger partial charge is 0.379 e. The van der Waals surface area contributed by atoms with Crippen molar-refractivity contribution in [1.82, 2.24) is 15.0 Å². The molecule has 2 fully saturated rings. The van der Waals surface area contributed by atoms with Crippen molar-refractivity contribution in [3.8, 4) is 0 Å². The highest BCUT2D eigenvalue weighted by atomic mass is 16.5. The molecule has 2 aliphatic rings. The molecule has 6 nitrogen and oxygen atoms in total. The molecule has 134 valence electrons. The van der Waals surface area contributed by atoms with Gasteiger partial charge in [0.05, 0.1) is 18.9 Å². The van der Waals surface area contributed by atoms with E-state index in [0.29, 0.717) is 23.6 Å². The van der Waals surface area contributed by atoms with Gasteiger partial charge >= 0.3 is 0 Å². The molecule has 24 heavy (non-hydrogen) atoms. The third kappa shape index (κ3) is 3.49. The molecule has 0 unspecified atom stereocenters. The Morgan fingerprint density at radius 3 is 2.67 bits per heavy atom. The van der Waals surface area contributed by atoms with Crippen molar-refractivity contribution in [3.05, 3.63) is 17.5 Å². The molecule has 0 bridgehead atoms. The summed E-state index contributed by atoms with van der Waals surface area (Å²) >= 11 is 0. The first-order valence-electron chi connectivity index (χ1n) is 9.21. The molecule has 3 heterocycles. The average molecular weight is 335 g/mol. The summed E-state index contributed by atoms with van der Waals surface area (Å²) in [5.74, 6) is 1.19. The summed E-state index contributed by atoms with van der Waals surface area (Å²) in [4.78, 5) is 17.2. The van der Waals surface area contributed by atoms with E-state index in [1.807, 2.05) is 11.0 Å². The fourth-order valence-electron chi connectivity index (χ4n) is 3.94. The van der Waals surface area contributed by atoms with E-state index in [9.17, 15) is 4.79 Å². The van der Waals surface area contributed by atoms with Crippen molar-refractivity contribution in [1.29, 1.82) is 0 Å². The van der Waals surface area contributed by atoms with Crippen molar-refractivity contribution in [2.24, 2.45) is 5.92 Å². The molecule has 0 aliphatic carbocycles. The topological polar surface area (TPSA) is 58.8 Å². The Balaban J connectivity index is 1.65. The van der Waals surface area contributed by atoms with Crippen LogP contribution in [-0.4, -0.2) is 66.3 Å². The summed E-state index contributed by atoms with van der Waals surface area (Å²) in [7, 11) is 0. The summed E-state index contributed by atoms with van der Waals surface area (Å²) in [5.41, 5.74) is 0.903. The van der Waals surface area contributed by atoms with Crippen molar-refractivity contribution < 1.29 is 14.1 Å². The second-order valence-electron chi connectivity index (χ2n) is 7.03. The SMILES string of the molecule is CCC(CC)c1cc(C(=O)N2C[C@H](C)[C@@H](N3CCOCC3)C2)on1. The van der Waals surface area contributed by atoms with Gasteiger partial charge in [-0.3, -0.25) is 9.69 Å². The molecule has 1 aromatic rings. The number of rotatable bonds is 5. The summed E-state index contributed by atoms with van der Waals surface area (Å²) in [6, 6.07) is 2.26. The number of carbonyl (C=O) groups excluding carboxylic acids is 1. The summed E-state index contributed by atoms with van der Waals surface area (Å²) in [6.45, 7) is 11.5. The number of hydrogen-bond donors (Lipinski definition) is 0. The lowest BCUT2D eigenvalue weighted by Crippen LogP contribution is -2.47. The van der Waals surface area contributed by atoms with Gasteiger partial charge in [-0.25, -0.2) is 0 Å². The zero-order valence-electron chi connectivity index (χ0n) is 15.0. The minimum atomic E-state index is -0.0256. The Hall–Kier alpha value is -1.40. The van der Waals surface area contributed by atoms with Crippen LogP contribution in [0.25, 0.3) is 0 Å². The van der Waals surface area contributed by atoms with Crippen LogP contribution in [0.15, 0.2) is 10.6 Å². The number of ether oxygens (including phenoxy) is 1. The molecule has 1 aromatic heterocycles. The van der Waals surface area contributed by atoms with Crippen LogP contribution in [-0.2, 0) is 4.74 Å². The van der Waals surface area contributed by atoms with Gasteiger partial charge in [0.1, 0.15) is 0 Å². The predicted molar refractivity (Wildman–Crippen MR) is 91.1 cm³/mol. The number of likely N-dealkylation sites (tertiary alicyclic amines) is 1. The van der Waals surface area contributed by atoms with Gasteiger partial charge in [0.2, 0.25) is 5.76 Å². The fraction of sp³-hybridized carbons (Fsp3) is 0.778. The lowest BCUT2D eigenvalue weighted by molar-refractivity contribution is 0.0118. The monoisotopic (exact) mass is 335 g/mol. The Labute approximate surface area is 144 Å². The lowest BCUT2D eigenvalue weighted by atomic mass is 9.99. The van der Waals surface area contributed by atoms with E-state index < -0.39 is 0 Å². The van der Waals surface area contributed by atoms with E-state index >= 15 is 0 Å². The third-order valence-corrected chi connectivity index (χ3v) is 5.52. The second-order valence-corrected chi connectivity index (χ2v) is 7.03. The first-order valence-corrected chi connectivity index (χ1v) is 9.21. The Morgan fingerprint density at radius 2 is 2.00 bits per heavy atom. The first kappa shape index (κ1) is 17.4. The van der Waals surface area contributed by atoms with Crippen LogP contribution >= 0.6 is 0 Å². The highest BCUT2D eigenvalue weighted by Crippen LogP contribution is 2.26. The second kappa shape index (κ2) is 7.66. The molecule has 0 aromatic carbocycles. The standard InChI is InChI=1S/C18H29N3O3/c1-4-14(5-2)15-10-17(24-19-15)18(22)21-11-13(3)16(12-21)20-6-8-23-9-7-20/h10,13-14,16H,4-9,11-12H2,1-3H3/t13-,16-/m0/s1. The van der Waals surface area contributed by atoms with E-state index in [4.69, 9.17) is 9.26 Å². The molecule has 6 heteroatoms. The van der Waals surface area contributed by atoms with E-state index in [1.165, 1.54) is 0 Å². The van der Waals surface area contributed by atoms with Crippen LogP contribution in [0.4, 0.5) is 0 Å². The van der Waals surface area contributed by atoms with Crippen LogP contribution in [0.1, 0.15) is 55.8 Å². The fourth-order valence-corrected chi connectivity index (χ4v) is 3.94. The third-order valence-electron chi connectivity index (χ3n) is 5.52. The average Bonchev–Trinajstić information content (AvgIpc) is 3.23. The van der Waals surface area contributed by atoms with Gasteiger partial charge in [0.25, 0.3) is 5.91 Å². The zero-order chi connectivity index (χ0) is 17.1. The highest BCUT2D eigenvalue weighted by molar-refractivity contribution is 5.91. The summed E-state index contributed by atoms with van der Waals surface area (Å²) in [6.07, 6.45) is 2.02. The molecule has 0 radical (unpaired) electrons. The summed E-state index contributed by atoms with van der Waals surface area (Å²) < 4.78 is 10.8. The predicted octanol–water partition coefficient (Wildman–Crippen LogP) is 2.37. The maximum Gasteiger partial charge on any atom is 0.292 e. The van der Waals surface area contributed by atoms with E-state index in [0.717, 1.165) is 57.9 Å². The lowest BCUT2D eigenvalue weighted by Gasteiger charge is -2.33. The number of nitrogens with zero attached hydrogens (tertiary/aromatic N) is 3. The molecular weight excluding hydrogens is 306 g/mol. The molecule has 3 rings (SSSR count). The van der Waals surface area contributed by atoms with Gasteiger partial charge in [-0.15, -0.1) is 0 Å². The molecule has 2 atom stereocenters. The number of hydrogen-bond acceptors (Lipinski definition) is 5. The molecule has 2 saturated heterocycles. The van der Waals surface area contributed by atoms with Crippen LogP contribution in [0.5, 0.6) is 0 Å². The van der Waals surface area contributed by atoms with E-state index in [1.54, 1.807) is 0 Å². The molecule has 0 spiro atoms. The normalized spacial score (nSPS) is 25.6. The van der Waals surface area contributed by atoms with Gasteiger partial charge in [-0.05, 0) is 18.8 Å². The van der Waals surface area contributed by atoms with E-state index in [-0.39, 0.29) is 5.91 Å². The number of aromatic nitrogens is 1. The van der Waals surface area contributed by atoms with Gasteiger partial charge in [0.15, 0.2) is 0 Å². The maximum absolute atomic E-state index is 12.8. The number of carbonyl (C=O) groups is 1. The van der Waals surface area contributed by atoms with Gasteiger partial charge < -0.3 is 14.2 Å². The minimum Gasteiger partial charge on any atom is -0.379 e. The zero-order valence-corrected chi connectivity index (χ0v) is 15.0. The van der Waals surface area contributed by atoms with Crippen LogP contribution in [0, 0.1) is 5.92 Å². The van der Waals surface area contributed by atoms with Gasteiger partial charge in [-0.1, -0.05) is 25.9 Å². The number of morpholine rings is 1.